The first-order valence-electron chi connectivity index (χ1n) is 3.50. The van der Waals surface area contributed by atoms with Crippen molar-refractivity contribution in [1.29, 1.82) is 0 Å². The second-order valence-corrected chi connectivity index (χ2v) is 2.66. The predicted octanol–water partition coefficient (Wildman–Crippen LogP) is 1.03. The van der Waals surface area contributed by atoms with Crippen LogP contribution in [0.15, 0.2) is 0 Å². The molecule has 0 aromatic rings. The van der Waals surface area contributed by atoms with E-state index in [4.69, 9.17) is 0 Å². The van der Waals surface area contributed by atoms with E-state index in [1.54, 1.807) is 4.90 Å². The van der Waals surface area contributed by atoms with E-state index in [9.17, 15) is 4.79 Å². The molecule has 2 amide bonds. The molecule has 10 heavy (non-hydrogen) atoms. The first kappa shape index (κ1) is 7.72. The smallest absolute Gasteiger partial charge is 0.321 e. The number of urea groups is 1. The van der Waals surface area contributed by atoms with Crippen molar-refractivity contribution in [3.63, 3.8) is 0 Å². The van der Waals surface area contributed by atoms with Crippen LogP contribution in [0.4, 0.5) is 4.79 Å². The highest BCUT2D eigenvalue weighted by Gasteiger charge is 2.30. The molecule has 0 saturated heterocycles. The summed E-state index contributed by atoms with van der Waals surface area (Å²) < 4.78 is 2.32. The lowest BCUT2D eigenvalue weighted by Crippen LogP contribution is -2.37. The Morgan fingerprint density at radius 3 is 2.70 bits per heavy atom. The van der Waals surface area contributed by atoms with E-state index in [2.05, 4.69) is 17.5 Å². The van der Waals surface area contributed by atoms with Gasteiger partial charge >= 0.3 is 6.03 Å². The quantitative estimate of drug-likeness (QED) is 0.581. The summed E-state index contributed by atoms with van der Waals surface area (Å²) in [6.45, 7) is 2.75. The van der Waals surface area contributed by atoms with Crippen LogP contribution in [0.3, 0.4) is 0 Å². The van der Waals surface area contributed by atoms with E-state index < -0.39 is 0 Å². The highest BCUT2D eigenvalue weighted by molar-refractivity contribution is 7.78. The molecule has 0 aromatic carbocycles. The molecule has 1 saturated carbocycles. The van der Waals surface area contributed by atoms with Gasteiger partial charge in [0.15, 0.2) is 0 Å². The van der Waals surface area contributed by atoms with E-state index in [1.807, 2.05) is 6.92 Å². The van der Waals surface area contributed by atoms with Crippen LogP contribution < -0.4 is 4.72 Å². The van der Waals surface area contributed by atoms with Crippen molar-refractivity contribution in [2.75, 3.05) is 6.54 Å². The van der Waals surface area contributed by atoms with Gasteiger partial charge < -0.3 is 4.90 Å². The molecule has 0 radical (unpaired) electrons. The molecular weight excluding hydrogens is 148 g/mol. The Morgan fingerprint density at radius 1 is 1.80 bits per heavy atom. The van der Waals surface area contributed by atoms with Crippen molar-refractivity contribution < 1.29 is 4.79 Å². The minimum Gasteiger partial charge on any atom is -0.321 e. The number of nitrogens with zero attached hydrogens (tertiary/aromatic N) is 1. The van der Waals surface area contributed by atoms with Gasteiger partial charge in [0.2, 0.25) is 0 Å². The molecule has 58 valence electrons. The molecule has 3 nitrogen and oxygen atoms in total. The maximum absolute atomic E-state index is 11.0. The fraction of sp³-hybridized carbons (Fsp3) is 0.833. The van der Waals surface area contributed by atoms with Crippen molar-refractivity contribution in [2.24, 2.45) is 0 Å². The van der Waals surface area contributed by atoms with Gasteiger partial charge in [0.25, 0.3) is 0 Å². The zero-order valence-corrected chi connectivity index (χ0v) is 6.90. The van der Waals surface area contributed by atoms with E-state index in [0.29, 0.717) is 6.04 Å². The second kappa shape index (κ2) is 3.14. The van der Waals surface area contributed by atoms with Gasteiger partial charge in [-0.2, -0.15) is 0 Å². The van der Waals surface area contributed by atoms with Crippen LogP contribution in [-0.2, 0) is 0 Å². The maximum Gasteiger partial charge on any atom is 0.327 e. The van der Waals surface area contributed by atoms with E-state index in [0.717, 1.165) is 19.4 Å². The average molecular weight is 160 g/mol. The van der Waals surface area contributed by atoms with E-state index in [-0.39, 0.29) is 6.03 Å². The van der Waals surface area contributed by atoms with Crippen LogP contribution in [0, 0.1) is 0 Å². The number of hydrogen-bond acceptors (Lipinski definition) is 2. The summed E-state index contributed by atoms with van der Waals surface area (Å²) in [6.07, 6.45) is 2.30. The maximum atomic E-state index is 11.0. The molecule has 4 heteroatoms. The summed E-state index contributed by atoms with van der Waals surface area (Å²) >= 11 is 3.69. The summed E-state index contributed by atoms with van der Waals surface area (Å²) in [6, 6.07) is 0.408. The summed E-state index contributed by atoms with van der Waals surface area (Å²) in [5.74, 6) is 0. The first-order valence-corrected chi connectivity index (χ1v) is 3.95. The molecule has 0 spiro atoms. The first-order chi connectivity index (χ1) is 4.79. The van der Waals surface area contributed by atoms with Gasteiger partial charge in [-0.15, -0.1) is 0 Å². The van der Waals surface area contributed by atoms with Crippen molar-refractivity contribution in [3.8, 4) is 0 Å². The summed E-state index contributed by atoms with van der Waals surface area (Å²) in [5, 5.41) is 0. The Hall–Kier alpha value is -0.380. The van der Waals surface area contributed by atoms with Crippen molar-refractivity contribution in [3.05, 3.63) is 0 Å². The lowest BCUT2D eigenvalue weighted by molar-refractivity contribution is 0.205. The van der Waals surface area contributed by atoms with Gasteiger partial charge in [0.05, 0.1) is 0 Å². The van der Waals surface area contributed by atoms with Crippen molar-refractivity contribution in [2.45, 2.75) is 25.8 Å². The van der Waals surface area contributed by atoms with E-state index >= 15 is 0 Å². The fourth-order valence-electron chi connectivity index (χ4n) is 1.02. The fourth-order valence-corrected chi connectivity index (χ4v) is 1.15. The number of thiol groups is 1. The molecule has 0 atom stereocenters. The number of nitrogens with one attached hydrogen (secondary N) is 1. The zero-order valence-electron chi connectivity index (χ0n) is 6.00. The number of hydrogen-bond donors (Lipinski definition) is 2. The molecule has 0 bridgehead atoms. The molecule has 1 aliphatic rings. The predicted molar refractivity (Wildman–Crippen MR) is 42.9 cm³/mol. The van der Waals surface area contributed by atoms with Gasteiger partial charge in [0, 0.05) is 12.6 Å². The third kappa shape index (κ3) is 1.56. The molecule has 1 aliphatic carbocycles. The molecule has 0 aromatic heterocycles. The van der Waals surface area contributed by atoms with E-state index in [1.165, 1.54) is 0 Å². The molecule has 0 unspecified atom stereocenters. The summed E-state index contributed by atoms with van der Waals surface area (Å²) in [5.41, 5.74) is 0. The highest BCUT2D eigenvalue weighted by atomic mass is 32.1. The Morgan fingerprint density at radius 2 is 2.40 bits per heavy atom. The Balaban J connectivity index is 2.38. The number of amides is 2. The van der Waals surface area contributed by atoms with Gasteiger partial charge in [-0.25, -0.2) is 4.79 Å². The van der Waals surface area contributed by atoms with Crippen LogP contribution in [0.25, 0.3) is 0 Å². The van der Waals surface area contributed by atoms with Gasteiger partial charge in [-0.1, -0.05) is 12.8 Å². The SMILES string of the molecule is CCN(C(=O)NS)C1CC1. The standard InChI is InChI=1S/C6H12N2OS/c1-2-8(5-3-4-5)6(9)7-10/h5,10H,2-4H2,1H3,(H,7,9). The van der Waals surface area contributed by atoms with Gasteiger partial charge in [0.1, 0.15) is 0 Å². The van der Waals surface area contributed by atoms with Crippen LogP contribution in [0.1, 0.15) is 19.8 Å². The summed E-state index contributed by atoms with van der Waals surface area (Å²) in [4.78, 5) is 12.8. The summed E-state index contributed by atoms with van der Waals surface area (Å²) in [7, 11) is 0. The Bertz CT molecular complexity index is 136. The number of carbonyl (C=O) groups is 1. The third-order valence-electron chi connectivity index (χ3n) is 1.68. The second-order valence-electron chi connectivity index (χ2n) is 2.43. The van der Waals surface area contributed by atoms with Crippen LogP contribution in [-0.4, -0.2) is 23.5 Å². The van der Waals surface area contributed by atoms with Crippen LogP contribution >= 0.6 is 12.8 Å². The topological polar surface area (TPSA) is 32.3 Å². The average Bonchev–Trinajstić information content (AvgIpc) is 2.73. The Labute approximate surface area is 66.3 Å². The van der Waals surface area contributed by atoms with Gasteiger partial charge in [-0.3, -0.25) is 4.72 Å². The molecule has 0 aliphatic heterocycles. The minimum atomic E-state index is -0.0756. The normalized spacial score (nSPS) is 16.6. The lowest BCUT2D eigenvalue weighted by Gasteiger charge is -2.18. The zero-order chi connectivity index (χ0) is 7.56. The number of rotatable bonds is 2. The minimum absolute atomic E-state index is 0.0756. The van der Waals surface area contributed by atoms with Gasteiger partial charge in [-0.05, 0) is 19.8 Å². The molecular formula is C6H12N2OS. The monoisotopic (exact) mass is 160 g/mol. The lowest BCUT2D eigenvalue weighted by atomic mass is 10.5. The largest absolute Gasteiger partial charge is 0.327 e. The molecule has 1 N–H and O–H groups in total. The highest BCUT2D eigenvalue weighted by Crippen LogP contribution is 2.26. The third-order valence-corrected chi connectivity index (χ3v) is 1.88. The van der Waals surface area contributed by atoms with Crippen molar-refractivity contribution in [1.82, 2.24) is 9.62 Å². The molecule has 1 rings (SSSR count). The van der Waals surface area contributed by atoms with Crippen LogP contribution in [0.2, 0.25) is 0 Å². The molecule has 1 fully saturated rings. The van der Waals surface area contributed by atoms with Crippen LogP contribution in [0.5, 0.6) is 0 Å². The number of carbonyl (C=O) groups excluding carboxylic acids is 1. The molecule has 0 heterocycles. The van der Waals surface area contributed by atoms with Crippen molar-refractivity contribution >= 4 is 18.8 Å². The Kier molecular flexibility index (Phi) is 2.43.